The third kappa shape index (κ3) is 3.02. The van der Waals surface area contributed by atoms with E-state index in [1.54, 1.807) is 0 Å². The zero-order chi connectivity index (χ0) is 24.6. The van der Waals surface area contributed by atoms with Crippen molar-refractivity contribution in [2.75, 3.05) is 0 Å². The van der Waals surface area contributed by atoms with Crippen LogP contribution in [0.1, 0.15) is 84.0 Å². The highest BCUT2D eigenvalue weighted by Gasteiger charge is 2.67. The van der Waals surface area contributed by atoms with Crippen molar-refractivity contribution in [3.05, 3.63) is 12.2 Å². The molecule has 0 aromatic carbocycles. The van der Waals surface area contributed by atoms with Crippen LogP contribution in [0.2, 0.25) is 0 Å². The Morgan fingerprint density at radius 2 is 1.24 bits per heavy atom. The maximum atomic E-state index is 13.6. The van der Waals surface area contributed by atoms with Crippen LogP contribution in [0.4, 0.5) is 0 Å². The summed E-state index contributed by atoms with van der Waals surface area (Å²) in [6.07, 6.45) is 19.1. The molecule has 15 atom stereocenters. The summed E-state index contributed by atoms with van der Waals surface area (Å²) in [4.78, 5) is 26.9. The summed E-state index contributed by atoms with van der Waals surface area (Å²) >= 11 is 0. The highest BCUT2D eigenvalue weighted by Crippen LogP contribution is 2.70. The molecule has 9 aliphatic rings. The van der Waals surface area contributed by atoms with E-state index in [1.165, 1.54) is 44.9 Å². The number of carbonyl (C=O) groups excluding carboxylic acids is 2. The molecule has 15 unspecified atom stereocenters. The molecule has 8 bridgehead atoms. The molecular weight excluding hydrogens is 460 g/mol. The zero-order valence-electron chi connectivity index (χ0n) is 22.4. The van der Waals surface area contributed by atoms with E-state index in [9.17, 15) is 9.59 Å². The number of allylic oxidation sites excluding steroid dienone is 2. The van der Waals surface area contributed by atoms with Gasteiger partial charge in [0.1, 0.15) is 11.7 Å². The summed E-state index contributed by atoms with van der Waals surface area (Å²) in [6, 6.07) is 0. The Morgan fingerprint density at radius 3 is 2.03 bits per heavy atom. The smallest absolute Gasteiger partial charge is 0.309 e. The quantitative estimate of drug-likeness (QED) is 0.260. The first-order valence-corrected chi connectivity index (χ1v) is 16.1. The van der Waals surface area contributed by atoms with Crippen molar-refractivity contribution in [1.82, 2.24) is 0 Å². The number of hydrogen-bond acceptors (Lipinski definition) is 4. The van der Waals surface area contributed by atoms with E-state index in [-0.39, 0.29) is 35.5 Å². The lowest BCUT2D eigenvalue weighted by Gasteiger charge is -2.42. The molecular formula is C33H44O4. The number of rotatable bonds is 4. The van der Waals surface area contributed by atoms with Gasteiger partial charge >= 0.3 is 11.9 Å². The van der Waals surface area contributed by atoms with Gasteiger partial charge in [0.15, 0.2) is 0 Å². The second kappa shape index (κ2) is 7.66. The number of carbonyl (C=O) groups is 2. The summed E-state index contributed by atoms with van der Waals surface area (Å²) in [5, 5.41) is 0. The summed E-state index contributed by atoms with van der Waals surface area (Å²) < 4.78 is 12.7. The lowest BCUT2D eigenvalue weighted by molar-refractivity contribution is -0.170. The molecule has 0 N–H and O–H groups in total. The average molecular weight is 505 g/mol. The molecule has 0 spiro atoms. The van der Waals surface area contributed by atoms with Gasteiger partial charge in [-0.15, -0.1) is 0 Å². The predicted octanol–water partition coefficient (Wildman–Crippen LogP) is 6.19. The van der Waals surface area contributed by atoms with Gasteiger partial charge in [0.25, 0.3) is 0 Å². The maximum absolute atomic E-state index is 13.6. The van der Waals surface area contributed by atoms with Crippen LogP contribution >= 0.6 is 0 Å². The number of ether oxygens (including phenoxy) is 2. The van der Waals surface area contributed by atoms with Crippen LogP contribution in [0.3, 0.4) is 0 Å². The lowest BCUT2D eigenvalue weighted by Crippen LogP contribution is -2.44. The van der Waals surface area contributed by atoms with E-state index in [0.29, 0.717) is 41.4 Å². The van der Waals surface area contributed by atoms with Gasteiger partial charge < -0.3 is 9.47 Å². The zero-order valence-corrected chi connectivity index (χ0v) is 22.4. The van der Waals surface area contributed by atoms with Crippen LogP contribution in [0.25, 0.3) is 0 Å². The minimum Gasteiger partial charge on any atom is -0.462 e. The van der Waals surface area contributed by atoms with Gasteiger partial charge in [0.05, 0.1) is 11.8 Å². The highest BCUT2D eigenvalue weighted by atomic mass is 16.6. The molecule has 8 fully saturated rings. The molecule has 0 radical (unpaired) electrons. The second-order valence-corrected chi connectivity index (χ2v) is 15.6. The molecule has 4 nitrogen and oxygen atoms in total. The fourth-order valence-electron chi connectivity index (χ4n) is 13.2. The van der Waals surface area contributed by atoms with Crippen molar-refractivity contribution in [2.45, 2.75) is 95.7 Å². The Bertz CT molecular complexity index is 1040. The molecule has 8 saturated carbocycles. The number of hydrogen-bond donors (Lipinski definition) is 0. The molecule has 0 amide bonds. The molecule has 0 saturated heterocycles. The number of fused-ring (bicyclic) bond motifs is 18. The van der Waals surface area contributed by atoms with Gasteiger partial charge in [-0.25, -0.2) is 0 Å². The summed E-state index contributed by atoms with van der Waals surface area (Å²) in [5.41, 5.74) is -0.224. The van der Waals surface area contributed by atoms with Gasteiger partial charge in [0.2, 0.25) is 0 Å². The molecule has 0 aromatic rings. The Balaban J connectivity index is 0.854. The Hall–Kier alpha value is -1.32. The van der Waals surface area contributed by atoms with Crippen LogP contribution < -0.4 is 0 Å². The molecule has 200 valence electrons. The average Bonchev–Trinajstić information content (AvgIpc) is 3.74. The van der Waals surface area contributed by atoms with Gasteiger partial charge in [-0.1, -0.05) is 18.6 Å². The SMILES string of the molecule is CC1(OC(=O)C2CC3CC2C2C4CC(OC(=O)C5CC6CC5C5C7C=CC(C7)C65)C(C4)C32)CCCCC1. The molecule has 0 aliphatic heterocycles. The van der Waals surface area contributed by atoms with Crippen LogP contribution in [-0.4, -0.2) is 23.6 Å². The third-order valence-electron chi connectivity index (χ3n) is 14.2. The van der Waals surface area contributed by atoms with Crippen LogP contribution in [0.5, 0.6) is 0 Å². The van der Waals surface area contributed by atoms with E-state index < -0.39 is 0 Å². The van der Waals surface area contributed by atoms with E-state index in [1.807, 2.05) is 0 Å². The predicted molar refractivity (Wildman–Crippen MR) is 138 cm³/mol. The molecule has 37 heavy (non-hydrogen) atoms. The van der Waals surface area contributed by atoms with Gasteiger partial charge in [-0.2, -0.15) is 0 Å². The van der Waals surface area contributed by atoms with E-state index in [4.69, 9.17) is 9.47 Å². The first-order valence-electron chi connectivity index (χ1n) is 16.1. The van der Waals surface area contributed by atoms with E-state index in [0.717, 1.165) is 61.7 Å². The minimum atomic E-state index is -0.224. The topological polar surface area (TPSA) is 52.6 Å². The first-order chi connectivity index (χ1) is 18.0. The van der Waals surface area contributed by atoms with Crippen molar-refractivity contribution in [2.24, 2.45) is 82.9 Å². The number of esters is 2. The normalized spacial score (nSPS) is 56.6. The molecule has 0 heterocycles. The van der Waals surface area contributed by atoms with Crippen molar-refractivity contribution < 1.29 is 19.1 Å². The summed E-state index contributed by atoms with van der Waals surface area (Å²) in [7, 11) is 0. The largest absolute Gasteiger partial charge is 0.462 e. The van der Waals surface area contributed by atoms with Crippen molar-refractivity contribution >= 4 is 11.9 Å². The van der Waals surface area contributed by atoms with E-state index >= 15 is 0 Å². The van der Waals surface area contributed by atoms with Gasteiger partial charge in [-0.05, 0) is 149 Å². The van der Waals surface area contributed by atoms with Crippen molar-refractivity contribution in [3.63, 3.8) is 0 Å². The monoisotopic (exact) mass is 504 g/mol. The van der Waals surface area contributed by atoms with Crippen molar-refractivity contribution in [3.8, 4) is 0 Å². The van der Waals surface area contributed by atoms with E-state index in [2.05, 4.69) is 19.1 Å². The highest BCUT2D eigenvalue weighted by molar-refractivity contribution is 5.75. The molecule has 9 aliphatic carbocycles. The fraction of sp³-hybridized carbons (Fsp3) is 0.879. The second-order valence-electron chi connectivity index (χ2n) is 15.6. The molecule has 9 rings (SSSR count). The molecule has 0 aromatic heterocycles. The Morgan fingerprint density at radius 1 is 0.649 bits per heavy atom. The fourth-order valence-corrected chi connectivity index (χ4v) is 13.2. The Kier molecular flexibility index (Phi) is 4.65. The summed E-state index contributed by atoms with van der Waals surface area (Å²) in [6.45, 7) is 2.17. The van der Waals surface area contributed by atoms with Crippen molar-refractivity contribution in [1.29, 1.82) is 0 Å². The van der Waals surface area contributed by atoms with Gasteiger partial charge in [-0.3, -0.25) is 9.59 Å². The van der Waals surface area contributed by atoms with Crippen LogP contribution in [0.15, 0.2) is 12.2 Å². The maximum Gasteiger partial charge on any atom is 0.309 e. The van der Waals surface area contributed by atoms with Crippen LogP contribution in [-0.2, 0) is 19.1 Å². The lowest BCUT2D eigenvalue weighted by atomic mass is 9.66. The standard InChI is InChI=1S/C33H44O4/c1-33(7-3-2-4-8-33)37-32(35)24-13-19-11-22(24)29-20-14-25(30(19)29)26(15-20)36-31(34)23-12-18-10-21(23)28-17-6-5-16(9-17)27(18)28/h5-6,16-30H,2-4,7-15H2,1H3. The first kappa shape index (κ1) is 22.5. The third-order valence-corrected chi connectivity index (χ3v) is 14.2. The van der Waals surface area contributed by atoms with Crippen LogP contribution in [0, 0.1) is 82.9 Å². The Labute approximate surface area is 221 Å². The summed E-state index contributed by atoms with van der Waals surface area (Å²) in [5.74, 6) is 8.91. The molecule has 4 heteroatoms. The minimum absolute atomic E-state index is 0.117. The van der Waals surface area contributed by atoms with Gasteiger partial charge in [0, 0.05) is 0 Å².